The minimum atomic E-state index is -0.342. The highest BCUT2D eigenvalue weighted by molar-refractivity contribution is 5.94. The van der Waals surface area contributed by atoms with Crippen molar-refractivity contribution in [3.05, 3.63) is 36.5 Å². The largest absolute Gasteiger partial charge is 0.298 e. The summed E-state index contributed by atoms with van der Waals surface area (Å²) in [7, 11) is 0. The lowest BCUT2D eigenvalue weighted by Gasteiger charge is -2.41. The van der Waals surface area contributed by atoms with Crippen molar-refractivity contribution in [1.82, 2.24) is 0 Å². The number of rotatable bonds is 2. The Hall–Kier alpha value is -1.11. The molecule has 0 saturated heterocycles. The zero-order valence-corrected chi connectivity index (χ0v) is 10.4. The van der Waals surface area contributed by atoms with Crippen LogP contribution in [0.5, 0.6) is 0 Å². The number of fused-ring (bicyclic) bond motifs is 1. The van der Waals surface area contributed by atoms with Crippen LogP contribution < -0.4 is 0 Å². The van der Waals surface area contributed by atoms with E-state index < -0.39 is 0 Å². The molecule has 0 aromatic heterocycles. The second kappa shape index (κ2) is 3.44. The first-order valence-corrected chi connectivity index (χ1v) is 5.96. The van der Waals surface area contributed by atoms with Crippen LogP contribution in [-0.2, 0) is 4.79 Å². The quantitative estimate of drug-likeness (QED) is 0.643. The van der Waals surface area contributed by atoms with Gasteiger partial charge in [0.1, 0.15) is 5.78 Å². The predicted molar refractivity (Wildman–Crippen MR) is 67.0 cm³/mol. The normalized spacial score (nSPS) is 41.8. The summed E-state index contributed by atoms with van der Waals surface area (Å²) in [6.07, 6.45) is 10.0. The molecule has 2 aliphatic carbocycles. The van der Waals surface area contributed by atoms with E-state index in [4.69, 9.17) is 0 Å². The van der Waals surface area contributed by atoms with Gasteiger partial charge in [0.05, 0.1) is 0 Å². The topological polar surface area (TPSA) is 17.1 Å². The molecule has 1 heteroatoms. The summed E-state index contributed by atoms with van der Waals surface area (Å²) in [5, 5.41) is 0. The van der Waals surface area contributed by atoms with E-state index in [1.807, 2.05) is 13.0 Å². The monoisotopic (exact) mass is 216 g/mol. The number of carbonyl (C=O) groups excluding carboxylic acids is 1. The van der Waals surface area contributed by atoms with Crippen LogP contribution in [0.3, 0.4) is 0 Å². The number of carbonyl (C=O) groups is 1. The van der Waals surface area contributed by atoms with Crippen LogP contribution in [-0.4, -0.2) is 5.78 Å². The molecule has 1 nitrogen and oxygen atoms in total. The van der Waals surface area contributed by atoms with Crippen molar-refractivity contribution in [2.75, 3.05) is 0 Å². The minimum absolute atomic E-state index is 0.212. The van der Waals surface area contributed by atoms with Gasteiger partial charge in [-0.1, -0.05) is 36.8 Å². The standard InChI is InChI=1S/C15H20O/c1-5-8-14(3)9-7-12-11(2)6-10-15(12,4)13(14)16/h5-7,9,12H,1,8,10H2,2-4H3/t12-,14+,15+/m0/s1. The van der Waals surface area contributed by atoms with E-state index in [0.29, 0.717) is 11.7 Å². The lowest BCUT2D eigenvalue weighted by atomic mass is 9.60. The van der Waals surface area contributed by atoms with Gasteiger partial charge in [0, 0.05) is 16.7 Å². The van der Waals surface area contributed by atoms with Gasteiger partial charge in [0.15, 0.2) is 0 Å². The number of Topliss-reactive ketones (excluding diaryl/α,β-unsaturated/α-hetero) is 1. The summed E-state index contributed by atoms with van der Waals surface area (Å²) < 4.78 is 0. The Labute approximate surface area is 97.9 Å². The predicted octanol–water partition coefficient (Wildman–Crippen LogP) is 3.68. The first-order valence-electron chi connectivity index (χ1n) is 5.96. The van der Waals surface area contributed by atoms with Crippen LogP contribution in [0.15, 0.2) is 36.5 Å². The third kappa shape index (κ3) is 1.34. The molecule has 3 atom stereocenters. The van der Waals surface area contributed by atoms with E-state index in [0.717, 1.165) is 12.8 Å². The van der Waals surface area contributed by atoms with E-state index in [-0.39, 0.29) is 10.8 Å². The fourth-order valence-corrected chi connectivity index (χ4v) is 3.22. The molecule has 2 aliphatic rings. The highest BCUT2D eigenvalue weighted by Gasteiger charge is 2.51. The lowest BCUT2D eigenvalue weighted by Crippen LogP contribution is -2.44. The van der Waals surface area contributed by atoms with Gasteiger partial charge in [-0.3, -0.25) is 4.79 Å². The summed E-state index contributed by atoms with van der Waals surface area (Å²) in [6, 6.07) is 0. The molecule has 0 aromatic carbocycles. The van der Waals surface area contributed by atoms with Crippen molar-refractivity contribution in [3.8, 4) is 0 Å². The SMILES string of the molecule is C=CC[C@]1(C)C=C[C@H]2C(C)=CC[C@@]2(C)C1=O. The van der Waals surface area contributed by atoms with Crippen molar-refractivity contribution in [2.24, 2.45) is 16.7 Å². The smallest absolute Gasteiger partial charge is 0.149 e. The summed E-state index contributed by atoms with van der Waals surface area (Å²) in [5.41, 5.74) is 0.787. The van der Waals surface area contributed by atoms with Crippen molar-refractivity contribution < 1.29 is 4.79 Å². The first kappa shape index (κ1) is 11.4. The van der Waals surface area contributed by atoms with E-state index in [1.165, 1.54) is 5.57 Å². The minimum Gasteiger partial charge on any atom is -0.298 e. The molecule has 0 aliphatic heterocycles. The molecule has 16 heavy (non-hydrogen) atoms. The van der Waals surface area contributed by atoms with Crippen molar-refractivity contribution in [2.45, 2.75) is 33.6 Å². The molecule has 0 amide bonds. The number of allylic oxidation sites excluding steroid dienone is 5. The Kier molecular flexibility index (Phi) is 2.45. The van der Waals surface area contributed by atoms with E-state index in [1.54, 1.807) is 0 Å². The number of ketones is 1. The second-order valence-electron chi connectivity index (χ2n) is 5.65. The third-order valence-corrected chi connectivity index (χ3v) is 4.29. The van der Waals surface area contributed by atoms with E-state index in [2.05, 4.69) is 38.7 Å². The average Bonchev–Trinajstić information content (AvgIpc) is 2.52. The van der Waals surface area contributed by atoms with Gasteiger partial charge >= 0.3 is 0 Å². The molecular weight excluding hydrogens is 196 g/mol. The molecule has 0 spiro atoms. The van der Waals surface area contributed by atoms with Crippen molar-refractivity contribution in [1.29, 1.82) is 0 Å². The van der Waals surface area contributed by atoms with Gasteiger partial charge in [-0.15, -0.1) is 6.58 Å². The third-order valence-electron chi connectivity index (χ3n) is 4.29. The van der Waals surface area contributed by atoms with Gasteiger partial charge in [-0.2, -0.15) is 0 Å². The van der Waals surface area contributed by atoms with Crippen LogP contribution in [0.2, 0.25) is 0 Å². The highest BCUT2D eigenvalue weighted by atomic mass is 16.1. The molecule has 86 valence electrons. The van der Waals surface area contributed by atoms with Gasteiger partial charge in [-0.05, 0) is 26.7 Å². The van der Waals surface area contributed by atoms with Crippen LogP contribution in [0.1, 0.15) is 33.6 Å². The van der Waals surface area contributed by atoms with Crippen LogP contribution in [0.4, 0.5) is 0 Å². The molecule has 2 rings (SSSR count). The molecule has 0 unspecified atom stereocenters. The Morgan fingerprint density at radius 3 is 2.88 bits per heavy atom. The van der Waals surface area contributed by atoms with Crippen LogP contribution in [0, 0.1) is 16.7 Å². The molecule has 0 fully saturated rings. The fraction of sp³-hybridized carbons (Fsp3) is 0.533. The molecule has 0 N–H and O–H groups in total. The van der Waals surface area contributed by atoms with Crippen molar-refractivity contribution in [3.63, 3.8) is 0 Å². The molecular formula is C15H20O. The maximum Gasteiger partial charge on any atom is 0.149 e. The zero-order chi connectivity index (χ0) is 12.0. The van der Waals surface area contributed by atoms with E-state index >= 15 is 0 Å². The fourth-order valence-electron chi connectivity index (χ4n) is 3.22. The Bertz CT molecular complexity index is 402. The molecule has 0 saturated carbocycles. The molecule has 0 heterocycles. The zero-order valence-electron chi connectivity index (χ0n) is 10.4. The lowest BCUT2D eigenvalue weighted by molar-refractivity contribution is -0.136. The second-order valence-corrected chi connectivity index (χ2v) is 5.65. The summed E-state index contributed by atoms with van der Waals surface area (Å²) in [4.78, 5) is 12.7. The van der Waals surface area contributed by atoms with Crippen LogP contribution in [0.25, 0.3) is 0 Å². The van der Waals surface area contributed by atoms with Crippen molar-refractivity contribution >= 4 is 5.78 Å². The number of hydrogen-bond donors (Lipinski definition) is 0. The maximum atomic E-state index is 12.7. The Morgan fingerprint density at radius 2 is 2.25 bits per heavy atom. The highest BCUT2D eigenvalue weighted by Crippen LogP contribution is 2.52. The molecule has 0 radical (unpaired) electrons. The van der Waals surface area contributed by atoms with Gasteiger partial charge in [-0.25, -0.2) is 0 Å². The van der Waals surface area contributed by atoms with Crippen LogP contribution >= 0.6 is 0 Å². The Morgan fingerprint density at radius 1 is 1.56 bits per heavy atom. The number of hydrogen-bond acceptors (Lipinski definition) is 1. The maximum absolute atomic E-state index is 12.7. The van der Waals surface area contributed by atoms with E-state index in [9.17, 15) is 4.79 Å². The van der Waals surface area contributed by atoms with Gasteiger partial charge in [0.2, 0.25) is 0 Å². The summed E-state index contributed by atoms with van der Waals surface area (Å²) >= 11 is 0. The summed E-state index contributed by atoms with van der Waals surface area (Å²) in [6.45, 7) is 10.0. The summed E-state index contributed by atoms with van der Waals surface area (Å²) in [5.74, 6) is 0.693. The van der Waals surface area contributed by atoms with Gasteiger partial charge in [0.25, 0.3) is 0 Å². The Balaban J connectivity index is 2.42. The molecule has 0 aromatic rings. The van der Waals surface area contributed by atoms with Gasteiger partial charge < -0.3 is 0 Å². The molecule has 0 bridgehead atoms. The first-order chi connectivity index (χ1) is 7.44. The average molecular weight is 216 g/mol.